The average molecular weight is 265 g/mol. The molecule has 1 aromatic carbocycles. The van der Waals surface area contributed by atoms with Crippen LogP contribution in [-0.2, 0) is 0 Å². The average Bonchev–Trinajstić information content (AvgIpc) is 2.34. The molecule has 19 heavy (non-hydrogen) atoms. The molecule has 3 nitrogen and oxygen atoms in total. The zero-order valence-corrected chi connectivity index (χ0v) is 12.9. The lowest BCUT2D eigenvalue weighted by Crippen LogP contribution is -2.31. The van der Waals surface area contributed by atoms with Crippen LogP contribution in [0.4, 0.5) is 0 Å². The van der Waals surface area contributed by atoms with E-state index in [0.29, 0.717) is 11.7 Å². The number of hydrogen-bond acceptors (Lipinski definition) is 3. The zero-order valence-electron chi connectivity index (χ0n) is 12.9. The van der Waals surface area contributed by atoms with E-state index in [0.717, 1.165) is 17.9 Å². The molecule has 2 N–H and O–H groups in total. The first-order chi connectivity index (χ1) is 8.75. The van der Waals surface area contributed by atoms with Crippen molar-refractivity contribution in [1.29, 1.82) is 0 Å². The van der Waals surface area contributed by atoms with Crippen LogP contribution in [0.15, 0.2) is 18.2 Å². The third-order valence-corrected chi connectivity index (χ3v) is 3.91. The fraction of sp³-hybridized carbons (Fsp3) is 0.625. The van der Waals surface area contributed by atoms with E-state index in [9.17, 15) is 5.11 Å². The molecule has 0 heterocycles. The summed E-state index contributed by atoms with van der Waals surface area (Å²) in [6.07, 6.45) is 0. The van der Waals surface area contributed by atoms with Crippen LogP contribution in [0.25, 0.3) is 0 Å². The number of phenolic OH excluding ortho intramolecular Hbond substituents is 1. The summed E-state index contributed by atoms with van der Waals surface area (Å²) < 4.78 is 5.20. The van der Waals surface area contributed by atoms with Crippen molar-refractivity contribution in [2.45, 2.75) is 40.7 Å². The van der Waals surface area contributed by atoms with Gasteiger partial charge in [-0.3, -0.25) is 0 Å². The van der Waals surface area contributed by atoms with Gasteiger partial charge in [0.15, 0.2) is 0 Å². The summed E-state index contributed by atoms with van der Waals surface area (Å²) in [7, 11) is 1.63. The van der Waals surface area contributed by atoms with Gasteiger partial charge in [0.25, 0.3) is 0 Å². The van der Waals surface area contributed by atoms with Gasteiger partial charge in [-0.15, -0.1) is 0 Å². The van der Waals surface area contributed by atoms with Crippen molar-refractivity contribution in [1.82, 2.24) is 5.32 Å². The highest BCUT2D eigenvalue weighted by Crippen LogP contribution is 2.29. The van der Waals surface area contributed by atoms with Gasteiger partial charge in [0.2, 0.25) is 0 Å². The largest absolute Gasteiger partial charge is 0.508 e. The maximum Gasteiger partial charge on any atom is 0.120 e. The highest BCUT2D eigenvalue weighted by atomic mass is 16.5. The van der Waals surface area contributed by atoms with E-state index in [1.165, 1.54) is 0 Å². The minimum atomic E-state index is 0.0971. The first-order valence-corrected chi connectivity index (χ1v) is 6.86. The van der Waals surface area contributed by atoms with Gasteiger partial charge in [-0.05, 0) is 43.0 Å². The Bertz CT molecular complexity index is 410. The second kappa shape index (κ2) is 6.29. The molecule has 0 saturated carbocycles. The first kappa shape index (κ1) is 15.8. The number of phenols is 1. The van der Waals surface area contributed by atoms with E-state index in [-0.39, 0.29) is 11.5 Å². The van der Waals surface area contributed by atoms with Crippen molar-refractivity contribution in [2.24, 2.45) is 11.3 Å². The van der Waals surface area contributed by atoms with Gasteiger partial charge in [0, 0.05) is 11.6 Å². The minimum Gasteiger partial charge on any atom is -0.508 e. The summed E-state index contributed by atoms with van der Waals surface area (Å²) in [5, 5.41) is 13.4. The van der Waals surface area contributed by atoms with Crippen molar-refractivity contribution >= 4 is 0 Å². The topological polar surface area (TPSA) is 41.5 Å². The quantitative estimate of drug-likeness (QED) is 0.852. The second-order valence-electron chi connectivity index (χ2n) is 6.32. The fourth-order valence-corrected chi connectivity index (χ4v) is 1.78. The number of nitrogens with one attached hydrogen (secondary N) is 1. The Morgan fingerprint density at radius 1 is 1.26 bits per heavy atom. The molecular formula is C16H27NO2. The zero-order chi connectivity index (χ0) is 14.6. The first-order valence-electron chi connectivity index (χ1n) is 6.86. The molecule has 0 amide bonds. The third-order valence-electron chi connectivity index (χ3n) is 3.91. The lowest BCUT2D eigenvalue weighted by molar-refractivity contribution is 0.246. The predicted octanol–water partition coefficient (Wildman–Crippen LogP) is 3.73. The highest BCUT2D eigenvalue weighted by Gasteiger charge is 2.21. The number of methoxy groups -OCH3 is 1. The monoisotopic (exact) mass is 265 g/mol. The van der Waals surface area contributed by atoms with Gasteiger partial charge < -0.3 is 15.2 Å². The number of rotatable bonds is 5. The fourth-order valence-electron chi connectivity index (χ4n) is 1.78. The van der Waals surface area contributed by atoms with E-state index < -0.39 is 0 Å². The number of benzene rings is 1. The van der Waals surface area contributed by atoms with Gasteiger partial charge in [-0.25, -0.2) is 0 Å². The second-order valence-corrected chi connectivity index (χ2v) is 6.32. The minimum absolute atomic E-state index is 0.0971. The van der Waals surface area contributed by atoms with Gasteiger partial charge in [-0.1, -0.05) is 27.7 Å². The molecule has 0 fully saturated rings. The number of hydrogen-bond donors (Lipinski definition) is 2. The summed E-state index contributed by atoms with van der Waals surface area (Å²) in [5.74, 6) is 1.64. The SMILES string of the molecule is COc1ccc(O)c(C(C)NCC(C)C(C)(C)C)c1. The van der Waals surface area contributed by atoms with Crippen molar-refractivity contribution in [2.75, 3.05) is 13.7 Å². The molecule has 2 unspecified atom stereocenters. The van der Waals surface area contributed by atoms with Gasteiger partial charge in [0.1, 0.15) is 11.5 Å². The molecular weight excluding hydrogens is 238 g/mol. The van der Waals surface area contributed by atoms with E-state index in [4.69, 9.17) is 4.74 Å². The van der Waals surface area contributed by atoms with Crippen molar-refractivity contribution in [3.63, 3.8) is 0 Å². The summed E-state index contributed by atoms with van der Waals surface area (Å²) >= 11 is 0. The summed E-state index contributed by atoms with van der Waals surface area (Å²) in [5.41, 5.74) is 1.16. The molecule has 0 saturated heterocycles. The molecule has 0 aliphatic rings. The summed E-state index contributed by atoms with van der Waals surface area (Å²) in [4.78, 5) is 0. The van der Waals surface area contributed by atoms with Crippen LogP contribution in [0, 0.1) is 11.3 Å². The van der Waals surface area contributed by atoms with Crippen LogP contribution in [0.1, 0.15) is 46.2 Å². The molecule has 0 aliphatic heterocycles. The highest BCUT2D eigenvalue weighted by molar-refractivity contribution is 5.41. The van der Waals surface area contributed by atoms with Crippen LogP contribution >= 0.6 is 0 Å². The van der Waals surface area contributed by atoms with E-state index in [2.05, 4.69) is 39.9 Å². The maximum absolute atomic E-state index is 9.93. The lowest BCUT2D eigenvalue weighted by Gasteiger charge is -2.29. The maximum atomic E-state index is 9.93. The van der Waals surface area contributed by atoms with E-state index >= 15 is 0 Å². The van der Waals surface area contributed by atoms with Gasteiger partial charge in [0.05, 0.1) is 7.11 Å². The number of ether oxygens (including phenoxy) is 1. The molecule has 0 aliphatic carbocycles. The Labute approximate surface area is 117 Å². The Balaban J connectivity index is 2.70. The predicted molar refractivity (Wildman–Crippen MR) is 79.7 cm³/mol. The Kier molecular flexibility index (Phi) is 5.24. The molecule has 1 rings (SSSR count). The normalized spacial score (nSPS) is 15.1. The summed E-state index contributed by atoms with van der Waals surface area (Å²) in [6.45, 7) is 11.9. The van der Waals surface area contributed by atoms with Crippen molar-refractivity contribution in [3.8, 4) is 11.5 Å². The van der Waals surface area contributed by atoms with Gasteiger partial charge >= 0.3 is 0 Å². The standard InChI is InChI=1S/C16H27NO2/c1-11(16(3,4)5)10-17-12(2)14-9-13(19-6)7-8-15(14)18/h7-9,11-12,17-18H,10H2,1-6H3. The molecule has 108 valence electrons. The van der Waals surface area contributed by atoms with E-state index in [1.54, 1.807) is 19.2 Å². The third kappa shape index (κ3) is 4.43. The number of aromatic hydroxyl groups is 1. The molecule has 0 spiro atoms. The van der Waals surface area contributed by atoms with E-state index in [1.807, 2.05) is 6.07 Å². The van der Waals surface area contributed by atoms with Crippen LogP contribution in [0.3, 0.4) is 0 Å². The Morgan fingerprint density at radius 3 is 2.42 bits per heavy atom. The van der Waals surface area contributed by atoms with Crippen LogP contribution in [0.2, 0.25) is 0 Å². The molecule has 0 radical (unpaired) electrons. The molecule has 0 bridgehead atoms. The smallest absolute Gasteiger partial charge is 0.120 e. The van der Waals surface area contributed by atoms with Crippen LogP contribution in [0.5, 0.6) is 11.5 Å². The Hall–Kier alpha value is -1.22. The molecule has 3 heteroatoms. The Morgan fingerprint density at radius 2 is 1.89 bits per heavy atom. The summed E-state index contributed by atoms with van der Waals surface area (Å²) in [6, 6.07) is 5.43. The molecule has 1 aromatic rings. The van der Waals surface area contributed by atoms with Crippen LogP contribution in [-0.4, -0.2) is 18.8 Å². The molecule has 0 aromatic heterocycles. The lowest BCUT2D eigenvalue weighted by atomic mass is 9.82. The van der Waals surface area contributed by atoms with Crippen LogP contribution < -0.4 is 10.1 Å². The van der Waals surface area contributed by atoms with Crippen molar-refractivity contribution in [3.05, 3.63) is 23.8 Å². The van der Waals surface area contributed by atoms with Gasteiger partial charge in [-0.2, -0.15) is 0 Å². The van der Waals surface area contributed by atoms with Crippen molar-refractivity contribution < 1.29 is 9.84 Å². The molecule has 2 atom stereocenters.